The van der Waals surface area contributed by atoms with Crippen molar-refractivity contribution in [3.8, 4) is 0 Å². The summed E-state index contributed by atoms with van der Waals surface area (Å²) in [6, 6.07) is -0.158. The molecule has 271 valence electrons. The van der Waals surface area contributed by atoms with E-state index in [1.165, 1.54) is 51.4 Å². The molecule has 0 aromatic carbocycles. The molecule has 2 N–H and O–H groups in total. The van der Waals surface area contributed by atoms with Crippen LogP contribution in [0.2, 0.25) is 0 Å². The number of allylic oxidation sites excluding steroid dienone is 1. The van der Waals surface area contributed by atoms with E-state index < -0.39 is 0 Å². The molecule has 5 rings (SSSR count). The van der Waals surface area contributed by atoms with Gasteiger partial charge >= 0.3 is 5.97 Å². The zero-order valence-corrected chi connectivity index (χ0v) is 34.1. The van der Waals surface area contributed by atoms with Gasteiger partial charge in [0.1, 0.15) is 6.10 Å². The molecular formula is C41H69NO5Y. The topological polar surface area (TPSA) is 87.1 Å². The molecule has 0 aromatic rings. The van der Waals surface area contributed by atoms with Crippen LogP contribution in [0.5, 0.6) is 0 Å². The monoisotopic (exact) mass is 744 g/mol. The summed E-state index contributed by atoms with van der Waals surface area (Å²) in [7, 11) is 0. The van der Waals surface area contributed by atoms with Gasteiger partial charge < -0.3 is 19.8 Å². The average molecular weight is 745 g/mol. The zero-order chi connectivity index (χ0) is 33.8. The number of rotatable bonds is 15. The van der Waals surface area contributed by atoms with Crippen LogP contribution in [0.25, 0.3) is 0 Å². The standard InChI is InChI=1S/C41H69NO5.Y/c1-28(2)11-10-12-29(3)35-17-18-36-34-16-15-31-24-33(19-21-40(31,4)37(34)20-22-41(35,36)5)47-39(46)14-9-7-6-8-13-38(45)42-25-30(26-43)23-32(42)27-44;/h15,28-30,32-37,43-44H,6-14,16-27H2,1-5H3;/t29?,30-,32+,33+,34?,35?,36?,37?,40+,41-;/m1./s1. The zero-order valence-electron chi connectivity index (χ0n) is 31.3. The molecule has 48 heavy (non-hydrogen) atoms. The van der Waals surface area contributed by atoms with Crippen LogP contribution in [0.3, 0.4) is 0 Å². The number of amides is 1. The van der Waals surface area contributed by atoms with Gasteiger partial charge in [-0.1, -0.05) is 78.4 Å². The predicted molar refractivity (Wildman–Crippen MR) is 188 cm³/mol. The third-order valence-electron chi connectivity index (χ3n) is 14.4. The van der Waals surface area contributed by atoms with Crippen molar-refractivity contribution in [3.05, 3.63) is 11.6 Å². The minimum atomic E-state index is -0.158. The molecular weight excluding hydrogens is 675 g/mol. The molecule has 0 bridgehead atoms. The molecule has 0 spiro atoms. The number of nitrogens with zero attached hydrogens (tertiary/aromatic N) is 1. The Kier molecular flexibility index (Phi) is 15.1. The fourth-order valence-corrected chi connectivity index (χ4v) is 11.7. The quantitative estimate of drug-likeness (QED) is 0.0999. The summed E-state index contributed by atoms with van der Waals surface area (Å²) in [5.74, 6) is 5.14. The van der Waals surface area contributed by atoms with Crippen molar-refractivity contribution in [2.45, 2.75) is 162 Å². The number of esters is 1. The number of hydrogen-bond donors (Lipinski definition) is 2. The van der Waals surface area contributed by atoms with Crippen molar-refractivity contribution in [2.75, 3.05) is 19.8 Å². The summed E-state index contributed by atoms with van der Waals surface area (Å²) in [4.78, 5) is 27.2. The number of fused-ring (bicyclic) bond motifs is 5. The minimum absolute atomic E-state index is 0. The first kappa shape index (κ1) is 40.5. The Morgan fingerprint density at radius 2 is 1.67 bits per heavy atom. The number of likely N-dealkylation sites (tertiary alicyclic amines) is 1. The molecule has 6 nitrogen and oxygen atoms in total. The Labute approximate surface area is 318 Å². The summed E-state index contributed by atoms with van der Waals surface area (Å²) in [6.07, 6.45) is 21.8. The molecule has 4 fully saturated rings. The summed E-state index contributed by atoms with van der Waals surface area (Å²) in [6.45, 7) is 13.1. The number of hydrogen-bond acceptors (Lipinski definition) is 5. The molecule has 3 saturated carbocycles. The van der Waals surface area contributed by atoms with E-state index >= 15 is 0 Å². The van der Waals surface area contributed by atoms with Crippen molar-refractivity contribution in [3.63, 3.8) is 0 Å². The minimum Gasteiger partial charge on any atom is -0.462 e. The summed E-state index contributed by atoms with van der Waals surface area (Å²) in [5.41, 5.74) is 2.37. The Balaban J connectivity index is 0.00000520. The number of unbranched alkanes of at least 4 members (excludes halogenated alkanes) is 3. The smallest absolute Gasteiger partial charge is 0.306 e. The third kappa shape index (κ3) is 9.01. The fourth-order valence-electron chi connectivity index (χ4n) is 11.7. The Bertz CT molecular complexity index is 1090. The van der Waals surface area contributed by atoms with Gasteiger partial charge in [0.15, 0.2) is 0 Å². The summed E-state index contributed by atoms with van der Waals surface area (Å²) < 4.78 is 6.07. The molecule has 1 heterocycles. The molecule has 1 amide bonds. The van der Waals surface area contributed by atoms with Crippen molar-refractivity contribution in [1.82, 2.24) is 4.90 Å². The molecule has 4 aliphatic carbocycles. The van der Waals surface area contributed by atoms with Crippen LogP contribution in [0.15, 0.2) is 11.6 Å². The van der Waals surface area contributed by atoms with E-state index in [9.17, 15) is 19.8 Å². The van der Waals surface area contributed by atoms with Crippen molar-refractivity contribution < 1.29 is 57.2 Å². The second-order valence-corrected chi connectivity index (χ2v) is 17.7. The normalized spacial score (nSPS) is 36.5. The molecule has 5 unspecified atom stereocenters. The molecule has 1 radical (unpaired) electrons. The van der Waals surface area contributed by atoms with E-state index in [2.05, 4.69) is 40.7 Å². The van der Waals surface area contributed by atoms with Gasteiger partial charge in [-0.15, -0.1) is 0 Å². The molecule has 1 saturated heterocycles. The van der Waals surface area contributed by atoms with Gasteiger partial charge in [0, 0.05) is 71.0 Å². The molecule has 10 atom stereocenters. The van der Waals surface area contributed by atoms with Crippen molar-refractivity contribution in [1.29, 1.82) is 0 Å². The number of aliphatic hydroxyl groups excluding tert-OH is 2. The maximum atomic E-state index is 12.8. The van der Waals surface area contributed by atoms with Gasteiger partial charge in [-0.05, 0) is 111 Å². The van der Waals surface area contributed by atoms with Crippen molar-refractivity contribution in [2.24, 2.45) is 52.3 Å². The van der Waals surface area contributed by atoms with E-state index in [-0.39, 0.29) is 81.3 Å². The molecule has 1 aliphatic heterocycles. The van der Waals surface area contributed by atoms with E-state index in [1.54, 1.807) is 10.5 Å². The van der Waals surface area contributed by atoms with Crippen molar-refractivity contribution >= 4 is 11.9 Å². The Morgan fingerprint density at radius 1 is 0.917 bits per heavy atom. The van der Waals surface area contributed by atoms with E-state index in [4.69, 9.17) is 4.74 Å². The van der Waals surface area contributed by atoms with Gasteiger partial charge in [0.25, 0.3) is 0 Å². The largest absolute Gasteiger partial charge is 0.462 e. The number of aliphatic hydroxyl groups is 2. The maximum absolute atomic E-state index is 12.8. The van der Waals surface area contributed by atoms with E-state index in [1.807, 2.05) is 0 Å². The van der Waals surface area contributed by atoms with E-state index in [0.29, 0.717) is 31.2 Å². The Morgan fingerprint density at radius 3 is 2.38 bits per heavy atom. The third-order valence-corrected chi connectivity index (χ3v) is 14.4. The number of ether oxygens (including phenoxy) is 1. The second kappa shape index (κ2) is 18.0. The fraction of sp³-hybridized carbons (Fsp3) is 0.902. The first-order valence-corrected chi connectivity index (χ1v) is 19.9. The van der Waals surface area contributed by atoms with E-state index in [0.717, 1.165) is 80.5 Å². The summed E-state index contributed by atoms with van der Waals surface area (Å²) >= 11 is 0. The van der Waals surface area contributed by atoms with Crippen LogP contribution in [0.4, 0.5) is 0 Å². The van der Waals surface area contributed by atoms with Crippen LogP contribution < -0.4 is 0 Å². The van der Waals surface area contributed by atoms with Crippen LogP contribution >= 0.6 is 0 Å². The van der Waals surface area contributed by atoms with Crippen LogP contribution in [-0.4, -0.2) is 58.9 Å². The van der Waals surface area contributed by atoms with Gasteiger partial charge in [0.05, 0.1) is 12.6 Å². The van der Waals surface area contributed by atoms with Gasteiger partial charge in [-0.3, -0.25) is 9.59 Å². The SMILES string of the molecule is CC(C)CCCC(C)C1CCC2C3CC=C4C[C@@H](OC(=O)CCCCCCC(=O)N5C[C@H](CO)C[C@H]5CO)CC[C@]4(C)C3CC[C@]12C.[Y]. The number of carbonyl (C=O) groups excluding carboxylic acids is 2. The second-order valence-electron chi connectivity index (χ2n) is 17.7. The average Bonchev–Trinajstić information content (AvgIpc) is 3.63. The Hall–Kier alpha value is -0.296. The molecule has 7 heteroatoms. The van der Waals surface area contributed by atoms with Crippen LogP contribution in [-0.2, 0) is 47.0 Å². The van der Waals surface area contributed by atoms with Crippen LogP contribution in [0, 0.1) is 52.3 Å². The maximum Gasteiger partial charge on any atom is 0.306 e. The predicted octanol–water partition coefficient (Wildman–Crippen LogP) is 8.48. The van der Waals surface area contributed by atoms with Gasteiger partial charge in [-0.25, -0.2) is 0 Å². The van der Waals surface area contributed by atoms with Gasteiger partial charge in [-0.2, -0.15) is 0 Å². The first-order chi connectivity index (χ1) is 22.5. The molecule has 0 aromatic heterocycles. The first-order valence-electron chi connectivity index (χ1n) is 19.9. The number of carbonyl (C=O) groups is 2. The van der Waals surface area contributed by atoms with Gasteiger partial charge in [0.2, 0.25) is 5.91 Å². The summed E-state index contributed by atoms with van der Waals surface area (Å²) in [5, 5.41) is 19.0. The molecule has 5 aliphatic rings. The van der Waals surface area contributed by atoms with Crippen LogP contribution in [0.1, 0.15) is 150 Å².